The average Bonchev–Trinajstić information content (AvgIpc) is 3.24. The first kappa shape index (κ1) is 13.0. The molecular weight excluding hydrogens is 282 g/mol. The molecule has 0 spiro atoms. The molecule has 2 aromatic rings. The van der Waals surface area contributed by atoms with Gasteiger partial charge in [0.05, 0.1) is 15.4 Å². The second kappa shape index (κ2) is 5.24. The van der Waals surface area contributed by atoms with E-state index in [0.717, 1.165) is 28.5 Å². The van der Waals surface area contributed by atoms with Gasteiger partial charge in [-0.1, -0.05) is 6.07 Å². The van der Waals surface area contributed by atoms with Crippen LogP contribution in [0.5, 0.6) is 0 Å². The third kappa shape index (κ3) is 2.47. The average molecular weight is 299 g/mol. The predicted molar refractivity (Wildman–Crippen MR) is 83.4 cm³/mol. The lowest BCUT2D eigenvalue weighted by atomic mass is 10.00. The highest BCUT2D eigenvalue weighted by atomic mass is 32.1. The molecule has 1 N–H and O–H groups in total. The monoisotopic (exact) mass is 299 g/mol. The Morgan fingerprint density at radius 3 is 2.95 bits per heavy atom. The van der Waals surface area contributed by atoms with Crippen LogP contribution in [0.3, 0.4) is 0 Å². The molecule has 2 saturated heterocycles. The molecule has 2 aliphatic rings. The van der Waals surface area contributed by atoms with Gasteiger partial charge in [0, 0.05) is 25.3 Å². The zero-order valence-corrected chi connectivity index (χ0v) is 12.5. The first-order valence-corrected chi connectivity index (χ1v) is 8.16. The summed E-state index contributed by atoms with van der Waals surface area (Å²) in [7, 11) is 0. The number of hydrogen-bond acceptors (Lipinski definition) is 4. The molecular formula is C16H17N3OS. The SMILES string of the molecule is O=C(NC1CN2CC[C@H]1C2)c1ccc(-c2ccccn2)s1. The first-order valence-electron chi connectivity index (χ1n) is 7.34. The Morgan fingerprint density at radius 2 is 2.24 bits per heavy atom. The van der Waals surface area contributed by atoms with E-state index in [0.29, 0.717) is 12.0 Å². The molecule has 108 valence electrons. The van der Waals surface area contributed by atoms with Gasteiger partial charge in [0.2, 0.25) is 0 Å². The summed E-state index contributed by atoms with van der Waals surface area (Å²) in [5, 5.41) is 3.20. The highest BCUT2D eigenvalue weighted by Gasteiger charge is 2.38. The topological polar surface area (TPSA) is 45.2 Å². The number of fused-ring (bicyclic) bond motifs is 2. The van der Waals surface area contributed by atoms with Gasteiger partial charge in [-0.3, -0.25) is 9.78 Å². The van der Waals surface area contributed by atoms with Crippen molar-refractivity contribution in [3.63, 3.8) is 0 Å². The van der Waals surface area contributed by atoms with E-state index in [4.69, 9.17) is 0 Å². The van der Waals surface area contributed by atoms with Gasteiger partial charge in [-0.15, -0.1) is 11.3 Å². The second-order valence-electron chi connectivity index (χ2n) is 5.77. The number of hydrogen-bond donors (Lipinski definition) is 1. The summed E-state index contributed by atoms with van der Waals surface area (Å²) in [6, 6.07) is 10.0. The van der Waals surface area contributed by atoms with Gasteiger partial charge in [-0.2, -0.15) is 0 Å². The van der Waals surface area contributed by atoms with Crippen LogP contribution in [0.1, 0.15) is 16.1 Å². The van der Waals surface area contributed by atoms with Crippen LogP contribution in [0.25, 0.3) is 10.6 Å². The van der Waals surface area contributed by atoms with E-state index in [1.165, 1.54) is 24.3 Å². The quantitative estimate of drug-likeness (QED) is 0.945. The van der Waals surface area contributed by atoms with Gasteiger partial charge in [0.15, 0.2) is 0 Å². The van der Waals surface area contributed by atoms with Gasteiger partial charge in [0.25, 0.3) is 5.91 Å². The fourth-order valence-corrected chi connectivity index (χ4v) is 4.18. The minimum absolute atomic E-state index is 0.0564. The van der Waals surface area contributed by atoms with Gasteiger partial charge < -0.3 is 10.2 Å². The van der Waals surface area contributed by atoms with Crippen molar-refractivity contribution < 1.29 is 4.79 Å². The predicted octanol–water partition coefficient (Wildman–Crippen LogP) is 2.24. The third-order valence-corrected chi connectivity index (χ3v) is 5.50. The van der Waals surface area contributed by atoms with Crippen molar-refractivity contribution in [1.82, 2.24) is 15.2 Å². The van der Waals surface area contributed by atoms with Crippen molar-refractivity contribution in [3.8, 4) is 10.6 Å². The van der Waals surface area contributed by atoms with E-state index in [1.54, 1.807) is 6.20 Å². The molecule has 2 aromatic heterocycles. The van der Waals surface area contributed by atoms with Crippen LogP contribution < -0.4 is 5.32 Å². The van der Waals surface area contributed by atoms with E-state index in [-0.39, 0.29) is 5.91 Å². The molecule has 0 saturated carbocycles. The van der Waals surface area contributed by atoms with Crippen molar-refractivity contribution in [2.75, 3.05) is 19.6 Å². The highest BCUT2D eigenvalue weighted by molar-refractivity contribution is 7.17. The summed E-state index contributed by atoms with van der Waals surface area (Å²) < 4.78 is 0. The molecule has 0 aromatic carbocycles. The molecule has 3 atom stereocenters. The molecule has 1 amide bonds. The molecule has 2 fully saturated rings. The maximum Gasteiger partial charge on any atom is 0.261 e. The van der Waals surface area contributed by atoms with Crippen LogP contribution in [0.4, 0.5) is 0 Å². The number of amides is 1. The smallest absolute Gasteiger partial charge is 0.261 e. The zero-order valence-electron chi connectivity index (χ0n) is 11.7. The summed E-state index contributed by atoms with van der Waals surface area (Å²) in [5.74, 6) is 0.699. The van der Waals surface area contributed by atoms with Gasteiger partial charge in [0.1, 0.15) is 0 Å². The molecule has 5 heteroatoms. The van der Waals surface area contributed by atoms with Crippen molar-refractivity contribution in [2.45, 2.75) is 12.5 Å². The van der Waals surface area contributed by atoms with E-state index in [1.807, 2.05) is 30.3 Å². The Labute approximate surface area is 127 Å². The number of nitrogens with one attached hydrogen (secondary N) is 1. The Bertz CT molecular complexity index is 655. The molecule has 4 nitrogen and oxygen atoms in total. The van der Waals surface area contributed by atoms with Crippen LogP contribution in [-0.2, 0) is 0 Å². The third-order valence-electron chi connectivity index (χ3n) is 4.40. The number of pyridine rings is 1. The molecule has 2 bridgehead atoms. The number of piperidine rings is 1. The number of carbonyl (C=O) groups excluding carboxylic acids is 1. The molecule has 21 heavy (non-hydrogen) atoms. The van der Waals surface area contributed by atoms with E-state index in [2.05, 4.69) is 15.2 Å². The lowest BCUT2D eigenvalue weighted by molar-refractivity contribution is 0.0928. The van der Waals surface area contributed by atoms with Crippen molar-refractivity contribution in [1.29, 1.82) is 0 Å². The van der Waals surface area contributed by atoms with Gasteiger partial charge in [-0.05, 0) is 43.1 Å². The molecule has 0 aliphatic carbocycles. The number of nitrogens with zero attached hydrogens (tertiary/aromatic N) is 2. The summed E-state index contributed by atoms with van der Waals surface area (Å²) in [5.41, 5.74) is 0.924. The molecule has 4 heterocycles. The molecule has 2 aliphatic heterocycles. The number of rotatable bonds is 3. The Kier molecular flexibility index (Phi) is 3.24. The van der Waals surface area contributed by atoms with E-state index < -0.39 is 0 Å². The summed E-state index contributed by atoms with van der Waals surface area (Å²) in [6.45, 7) is 3.35. The fourth-order valence-electron chi connectivity index (χ4n) is 3.29. The van der Waals surface area contributed by atoms with E-state index in [9.17, 15) is 4.79 Å². The summed E-state index contributed by atoms with van der Waals surface area (Å²) in [6.07, 6.45) is 2.99. The standard InChI is InChI=1S/C16H17N3OS/c20-16(18-13-10-19-8-6-11(13)9-19)15-5-4-14(21-15)12-3-1-2-7-17-12/h1-5,7,11,13H,6,8-10H2,(H,18,20)/t11-,13?/m0/s1. The lowest BCUT2D eigenvalue weighted by Crippen LogP contribution is -2.42. The van der Waals surface area contributed by atoms with Crippen molar-refractivity contribution in [2.24, 2.45) is 5.92 Å². The highest BCUT2D eigenvalue weighted by Crippen LogP contribution is 2.29. The van der Waals surface area contributed by atoms with E-state index >= 15 is 0 Å². The summed E-state index contributed by atoms with van der Waals surface area (Å²) >= 11 is 1.51. The largest absolute Gasteiger partial charge is 0.347 e. The van der Waals surface area contributed by atoms with Crippen LogP contribution in [0.2, 0.25) is 0 Å². The van der Waals surface area contributed by atoms with Crippen LogP contribution in [0, 0.1) is 5.92 Å². The Morgan fingerprint density at radius 1 is 1.29 bits per heavy atom. The maximum atomic E-state index is 12.4. The van der Waals surface area contributed by atoms with Crippen LogP contribution in [0.15, 0.2) is 36.5 Å². The number of carbonyl (C=O) groups is 1. The zero-order chi connectivity index (χ0) is 14.2. The molecule has 0 radical (unpaired) electrons. The maximum absolute atomic E-state index is 12.4. The summed E-state index contributed by atoms with van der Waals surface area (Å²) in [4.78, 5) is 21.0. The minimum Gasteiger partial charge on any atom is -0.347 e. The fraction of sp³-hybridized carbons (Fsp3) is 0.375. The first-order chi connectivity index (χ1) is 10.3. The number of thiophene rings is 1. The van der Waals surface area contributed by atoms with Crippen molar-refractivity contribution in [3.05, 3.63) is 41.4 Å². The Hall–Kier alpha value is -1.72. The van der Waals surface area contributed by atoms with Crippen LogP contribution in [-0.4, -0.2) is 41.5 Å². The van der Waals surface area contributed by atoms with Crippen molar-refractivity contribution >= 4 is 17.2 Å². The van der Waals surface area contributed by atoms with Gasteiger partial charge in [-0.25, -0.2) is 0 Å². The lowest BCUT2D eigenvalue weighted by Gasteiger charge is -2.22. The second-order valence-corrected chi connectivity index (χ2v) is 6.85. The Balaban J connectivity index is 1.47. The van der Waals surface area contributed by atoms with Crippen LogP contribution >= 0.6 is 11.3 Å². The minimum atomic E-state index is 0.0564. The number of aromatic nitrogens is 1. The molecule has 2 unspecified atom stereocenters. The van der Waals surface area contributed by atoms with Gasteiger partial charge >= 0.3 is 0 Å². The normalized spacial score (nSPS) is 27.0. The molecule has 4 rings (SSSR count).